The fourth-order valence-corrected chi connectivity index (χ4v) is 3.15. The number of halogens is 1. The summed E-state index contributed by atoms with van der Waals surface area (Å²) in [6, 6.07) is 14.4. The van der Waals surface area contributed by atoms with Gasteiger partial charge in [0.1, 0.15) is 18.7 Å². The molecule has 0 aliphatic heterocycles. The van der Waals surface area contributed by atoms with Crippen molar-refractivity contribution in [1.29, 1.82) is 0 Å². The summed E-state index contributed by atoms with van der Waals surface area (Å²) in [4.78, 5) is 8.96. The second-order valence-electron chi connectivity index (χ2n) is 7.24. The molecule has 0 fully saturated rings. The molecule has 0 aliphatic rings. The molecule has 0 saturated heterocycles. The van der Waals surface area contributed by atoms with Crippen LogP contribution < -0.4 is 15.4 Å². The Morgan fingerprint density at radius 3 is 2.73 bits per heavy atom. The van der Waals surface area contributed by atoms with Crippen LogP contribution in [0.1, 0.15) is 30.5 Å². The molecule has 0 saturated carbocycles. The lowest BCUT2D eigenvalue weighted by molar-refractivity contribution is 0.110. The van der Waals surface area contributed by atoms with Crippen molar-refractivity contribution in [3.63, 3.8) is 0 Å². The molecule has 3 aromatic rings. The van der Waals surface area contributed by atoms with Gasteiger partial charge in [-0.05, 0) is 44.0 Å². The van der Waals surface area contributed by atoms with E-state index in [1.54, 1.807) is 0 Å². The lowest BCUT2D eigenvalue weighted by atomic mass is 10.1. The summed E-state index contributed by atoms with van der Waals surface area (Å²) in [5, 5.41) is 13.5. The van der Waals surface area contributed by atoms with E-state index in [9.17, 15) is 0 Å². The zero-order valence-electron chi connectivity index (χ0n) is 19.4. The molecule has 1 aromatic heterocycles. The number of aliphatic imine (C=N–C) groups is 1. The molecule has 3 N–H and O–H groups in total. The molecular weight excluding hydrogens is 531 g/mol. The highest BCUT2D eigenvalue weighted by molar-refractivity contribution is 14.0. The minimum Gasteiger partial charge on any atom is -0.491 e. The molecule has 0 spiro atoms. The van der Waals surface area contributed by atoms with Crippen LogP contribution >= 0.6 is 24.0 Å². The molecule has 1 heterocycles. The molecular formula is C24H33IN6O2. The summed E-state index contributed by atoms with van der Waals surface area (Å²) >= 11 is 0. The van der Waals surface area contributed by atoms with Crippen molar-refractivity contribution in [3.8, 4) is 17.1 Å². The van der Waals surface area contributed by atoms with E-state index in [0.717, 1.165) is 46.3 Å². The van der Waals surface area contributed by atoms with E-state index in [2.05, 4.69) is 70.0 Å². The lowest BCUT2D eigenvalue weighted by Gasteiger charge is -2.15. The fraction of sp³-hybridized carbons (Fsp3) is 0.375. The van der Waals surface area contributed by atoms with Crippen molar-refractivity contribution in [2.75, 3.05) is 26.4 Å². The van der Waals surface area contributed by atoms with Crippen LogP contribution in [0, 0.1) is 6.92 Å². The van der Waals surface area contributed by atoms with Crippen LogP contribution in [0.25, 0.3) is 11.4 Å². The molecule has 33 heavy (non-hydrogen) atoms. The second kappa shape index (κ2) is 14.5. The molecule has 3 rings (SSSR count). The second-order valence-corrected chi connectivity index (χ2v) is 7.24. The first-order chi connectivity index (χ1) is 15.7. The number of H-pyrrole nitrogens is 1. The molecule has 0 amide bonds. The molecule has 178 valence electrons. The Bertz CT molecular complexity index is 994. The van der Waals surface area contributed by atoms with Crippen molar-refractivity contribution in [2.45, 2.75) is 33.9 Å². The van der Waals surface area contributed by atoms with Crippen LogP contribution in [0.5, 0.6) is 5.75 Å². The van der Waals surface area contributed by atoms with Gasteiger partial charge in [-0.1, -0.05) is 30.3 Å². The van der Waals surface area contributed by atoms with Crippen molar-refractivity contribution < 1.29 is 9.47 Å². The standard InChI is InChI=1S/C24H32N6O2.HI/c1-4-25-24(26-15-19-7-6-8-20(14-19)23-28-17-29-30-23)27-16-21-10-9-18(3)13-22(21)32-12-11-31-5-2;/h6-10,13-14,17H,4-5,11-12,15-16H2,1-3H3,(H2,25,26,27)(H,28,29,30);1H. The van der Waals surface area contributed by atoms with E-state index < -0.39 is 0 Å². The van der Waals surface area contributed by atoms with Crippen LogP contribution in [0.4, 0.5) is 0 Å². The van der Waals surface area contributed by atoms with Crippen molar-refractivity contribution in [3.05, 3.63) is 65.5 Å². The van der Waals surface area contributed by atoms with Crippen LogP contribution in [0.3, 0.4) is 0 Å². The van der Waals surface area contributed by atoms with E-state index in [1.807, 2.05) is 19.1 Å². The van der Waals surface area contributed by atoms with Crippen LogP contribution in [-0.2, 0) is 17.8 Å². The number of hydrogen-bond acceptors (Lipinski definition) is 5. The number of guanidine groups is 1. The van der Waals surface area contributed by atoms with Gasteiger partial charge in [-0.15, -0.1) is 24.0 Å². The lowest BCUT2D eigenvalue weighted by Crippen LogP contribution is -2.36. The monoisotopic (exact) mass is 564 g/mol. The van der Waals surface area contributed by atoms with E-state index in [1.165, 1.54) is 6.33 Å². The number of rotatable bonds is 11. The smallest absolute Gasteiger partial charge is 0.191 e. The van der Waals surface area contributed by atoms with Crippen molar-refractivity contribution in [2.24, 2.45) is 4.99 Å². The third kappa shape index (κ3) is 8.65. The molecule has 0 bridgehead atoms. The third-order valence-corrected chi connectivity index (χ3v) is 4.74. The highest BCUT2D eigenvalue weighted by atomic mass is 127. The summed E-state index contributed by atoms with van der Waals surface area (Å²) in [5.74, 6) is 2.36. The third-order valence-electron chi connectivity index (χ3n) is 4.74. The SMILES string of the molecule is CCNC(=NCc1cccc(-c2ncn[nH]2)c1)NCc1ccc(C)cc1OCCOCC.I. The van der Waals surface area contributed by atoms with E-state index in [-0.39, 0.29) is 24.0 Å². The number of benzene rings is 2. The minimum absolute atomic E-state index is 0. The predicted molar refractivity (Wildman–Crippen MR) is 142 cm³/mol. The van der Waals surface area contributed by atoms with Gasteiger partial charge in [-0.3, -0.25) is 5.10 Å². The average molecular weight is 564 g/mol. The van der Waals surface area contributed by atoms with Gasteiger partial charge >= 0.3 is 0 Å². The van der Waals surface area contributed by atoms with Gasteiger partial charge in [0, 0.05) is 30.8 Å². The first-order valence-corrected chi connectivity index (χ1v) is 11.0. The van der Waals surface area contributed by atoms with Gasteiger partial charge in [0.15, 0.2) is 11.8 Å². The Hall–Kier alpha value is -2.66. The van der Waals surface area contributed by atoms with Gasteiger partial charge in [0.2, 0.25) is 0 Å². The molecule has 8 nitrogen and oxygen atoms in total. The minimum atomic E-state index is 0. The number of nitrogens with one attached hydrogen (secondary N) is 3. The maximum Gasteiger partial charge on any atom is 0.191 e. The van der Waals surface area contributed by atoms with Crippen molar-refractivity contribution >= 4 is 29.9 Å². The maximum absolute atomic E-state index is 5.95. The summed E-state index contributed by atoms with van der Waals surface area (Å²) in [7, 11) is 0. The van der Waals surface area contributed by atoms with E-state index in [4.69, 9.17) is 14.5 Å². The predicted octanol–water partition coefficient (Wildman–Crippen LogP) is 4.07. The first-order valence-electron chi connectivity index (χ1n) is 11.0. The summed E-state index contributed by atoms with van der Waals surface area (Å²) < 4.78 is 11.3. The number of aryl methyl sites for hydroxylation is 1. The number of aromatic amines is 1. The fourth-order valence-electron chi connectivity index (χ4n) is 3.15. The topological polar surface area (TPSA) is 96.5 Å². The van der Waals surface area contributed by atoms with Gasteiger partial charge < -0.3 is 20.1 Å². The molecule has 0 aliphatic carbocycles. The zero-order chi connectivity index (χ0) is 22.6. The Labute approximate surface area is 212 Å². The molecule has 0 radical (unpaired) electrons. The number of nitrogens with zero attached hydrogens (tertiary/aromatic N) is 3. The molecule has 2 aromatic carbocycles. The van der Waals surface area contributed by atoms with Gasteiger partial charge in [-0.2, -0.15) is 5.10 Å². The molecule has 9 heteroatoms. The van der Waals surface area contributed by atoms with E-state index in [0.29, 0.717) is 32.9 Å². The molecule has 0 atom stereocenters. The van der Waals surface area contributed by atoms with Gasteiger partial charge in [0.25, 0.3) is 0 Å². The van der Waals surface area contributed by atoms with Crippen LogP contribution in [-0.4, -0.2) is 47.5 Å². The normalized spacial score (nSPS) is 11.1. The van der Waals surface area contributed by atoms with Gasteiger partial charge in [0.05, 0.1) is 13.2 Å². The number of aromatic nitrogens is 3. The highest BCUT2D eigenvalue weighted by Crippen LogP contribution is 2.20. The maximum atomic E-state index is 5.95. The Morgan fingerprint density at radius 1 is 1.09 bits per heavy atom. The summed E-state index contributed by atoms with van der Waals surface area (Å²) in [6.07, 6.45) is 1.51. The highest BCUT2D eigenvalue weighted by Gasteiger charge is 2.07. The quantitative estimate of drug-likeness (QED) is 0.141. The number of hydrogen-bond donors (Lipinski definition) is 3. The molecule has 0 unspecified atom stereocenters. The Morgan fingerprint density at radius 2 is 1.97 bits per heavy atom. The van der Waals surface area contributed by atoms with E-state index >= 15 is 0 Å². The summed E-state index contributed by atoms with van der Waals surface area (Å²) in [5.41, 5.74) is 4.31. The van der Waals surface area contributed by atoms with Gasteiger partial charge in [-0.25, -0.2) is 9.98 Å². The van der Waals surface area contributed by atoms with Crippen LogP contribution in [0.15, 0.2) is 53.8 Å². The first kappa shape index (κ1) is 26.6. The average Bonchev–Trinajstić information content (AvgIpc) is 3.35. The summed E-state index contributed by atoms with van der Waals surface area (Å²) in [6.45, 7) is 9.81. The van der Waals surface area contributed by atoms with Crippen LogP contribution in [0.2, 0.25) is 0 Å². The largest absolute Gasteiger partial charge is 0.491 e. The number of ether oxygens (including phenoxy) is 2. The van der Waals surface area contributed by atoms with Crippen molar-refractivity contribution in [1.82, 2.24) is 25.8 Å². The Balaban J connectivity index is 0.00000385. The zero-order valence-corrected chi connectivity index (χ0v) is 21.8. The Kier molecular flexibility index (Phi) is 11.7.